The molecule has 4 rings (SSSR count). The predicted molar refractivity (Wildman–Crippen MR) is 90.9 cm³/mol. The van der Waals surface area contributed by atoms with Crippen LogP contribution in [0.4, 0.5) is 5.69 Å². The maximum atomic E-state index is 12.3. The first-order valence-corrected chi connectivity index (χ1v) is 8.42. The van der Waals surface area contributed by atoms with E-state index in [4.69, 9.17) is 20.5 Å². The van der Waals surface area contributed by atoms with Gasteiger partial charge in [0.05, 0.1) is 0 Å². The van der Waals surface area contributed by atoms with Gasteiger partial charge in [0.2, 0.25) is 5.91 Å². The van der Waals surface area contributed by atoms with Crippen LogP contribution in [0.3, 0.4) is 0 Å². The van der Waals surface area contributed by atoms with Crippen molar-refractivity contribution in [3.05, 3.63) is 51.9 Å². The summed E-state index contributed by atoms with van der Waals surface area (Å²) in [6, 6.07) is 10.7. The van der Waals surface area contributed by atoms with E-state index in [-0.39, 0.29) is 11.8 Å². The molecule has 122 valence electrons. The zero-order chi connectivity index (χ0) is 16.7. The van der Waals surface area contributed by atoms with Crippen molar-refractivity contribution in [1.82, 2.24) is 10.1 Å². The van der Waals surface area contributed by atoms with Crippen LogP contribution in [0.15, 0.2) is 50.0 Å². The van der Waals surface area contributed by atoms with Crippen LogP contribution in [0, 0.1) is 0 Å². The first-order chi connectivity index (χ1) is 11.6. The van der Waals surface area contributed by atoms with Crippen molar-refractivity contribution in [1.29, 1.82) is 0 Å². The Kier molecular flexibility index (Phi) is 3.90. The number of amides is 1. The average molecular weight is 409 g/mol. The van der Waals surface area contributed by atoms with E-state index in [1.807, 2.05) is 12.1 Å². The van der Waals surface area contributed by atoms with E-state index in [1.54, 1.807) is 29.2 Å². The molecule has 3 heterocycles. The van der Waals surface area contributed by atoms with Crippen LogP contribution in [0.1, 0.15) is 18.2 Å². The summed E-state index contributed by atoms with van der Waals surface area (Å²) in [5, 5.41) is 4.63. The Balaban J connectivity index is 1.55. The van der Waals surface area contributed by atoms with Crippen LogP contribution >= 0.6 is 27.5 Å². The van der Waals surface area contributed by atoms with Gasteiger partial charge >= 0.3 is 0 Å². The van der Waals surface area contributed by atoms with Crippen molar-refractivity contribution in [2.24, 2.45) is 0 Å². The summed E-state index contributed by atoms with van der Waals surface area (Å²) in [6.07, 6.45) is 0.337. The van der Waals surface area contributed by atoms with Gasteiger partial charge in [-0.05, 0) is 52.3 Å². The number of anilines is 1. The Bertz CT molecular complexity index is 890. The summed E-state index contributed by atoms with van der Waals surface area (Å²) in [7, 11) is 0. The molecule has 1 unspecified atom stereocenters. The van der Waals surface area contributed by atoms with Crippen molar-refractivity contribution in [3.8, 4) is 11.7 Å². The molecule has 0 radical (unpaired) electrons. The highest BCUT2D eigenvalue weighted by molar-refractivity contribution is 9.10. The molecule has 6 nitrogen and oxygen atoms in total. The van der Waals surface area contributed by atoms with Crippen molar-refractivity contribution in [3.63, 3.8) is 0 Å². The maximum absolute atomic E-state index is 12.3. The minimum atomic E-state index is -0.121. The van der Waals surface area contributed by atoms with Gasteiger partial charge in [0, 0.05) is 29.6 Å². The summed E-state index contributed by atoms with van der Waals surface area (Å²) < 4.78 is 11.2. The molecular weight excluding hydrogens is 398 g/mol. The fourth-order valence-corrected chi connectivity index (χ4v) is 3.11. The van der Waals surface area contributed by atoms with E-state index in [0.29, 0.717) is 40.1 Å². The van der Waals surface area contributed by atoms with Crippen molar-refractivity contribution in [2.45, 2.75) is 12.3 Å². The van der Waals surface area contributed by atoms with Crippen LogP contribution in [0.5, 0.6) is 0 Å². The van der Waals surface area contributed by atoms with Gasteiger partial charge in [-0.25, -0.2) is 0 Å². The molecule has 0 spiro atoms. The molecule has 1 fully saturated rings. The lowest BCUT2D eigenvalue weighted by atomic mass is 10.1. The molecule has 1 aromatic carbocycles. The molecule has 1 amide bonds. The van der Waals surface area contributed by atoms with E-state index >= 15 is 0 Å². The summed E-state index contributed by atoms with van der Waals surface area (Å²) in [5.41, 5.74) is 0.811. The number of benzene rings is 1. The van der Waals surface area contributed by atoms with Crippen LogP contribution in [0.2, 0.25) is 5.02 Å². The van der Waals surface area contributed by atoms with Gasteiger partial charge < -0.3 is 13.8 Å². The van der Waals surface area contributed by atoms with E-state index in [2.05, 4.69) is 26.1 Å². The van der Waals surface area contributed by atoms with Crippen LogP contribution in [-0.2, 0) is 4.79 Å². The van der Waals surface area contributed by atoms with Crippen LogP contribution < -0.4 is 4.90 Å². The molecular formula is C16H11BrClN3O3. The van der Waals surface area contributed by atoms with Crippen molar-refractivity contribution in [2.75, 3.05) is 11.4 Å². The van der Waals surface area contributed by atoms with Gasteiger partial charge in [0.25, 0.3) is 5.89 Å². The second kappa shape index (κ2) is 6.07. The molecule has 1 atom stereocenters. The Morgan fingerprint density at radius 1 is 1.21 bits per heavy atom. The molecule has 1 aliphatic rings. The number of nitrogens with zero attached hydrogens (tertiary/aromatic N) is 3. The predicted octanol–water partition coefficient (Wildman–Crippen LogP) is 4.27. The minimum Gasteiger partial charge on any atom is -0.444 e. The number of aromatic nitrogens is 2. The number of hydrogen-bond donors (Lipinski definition) is 0. The van der Waals surface area contributed by atoms with E-state index in [9.17, 15) is 4.79 Å². The van der Waals surface area contributed by atoms with Gasteiger partial charge in [-0.3, -0.25) is 4.79 Å². The highest BCUT2D eigenvalue weighted by Gasteiger charge is 2.34. The molecule has 0 aliphatic carbocycles. The van der Waals surface area contributed by atoms with E-state index in [0.717, 1.165) is 5.69 Å². The molecule has 8 heteroatoms. The SMILES string of the molecule is O=C1CC(c2noc(-c3ccc(Br)o3)n2)CN1c1ccc(Cl)cc1. The fraction of sp³-hybridized carbons (Fsp3) is 0.188. The summed E-state index contributed by atoms with van der Waals surface area (Å²) in [4.78, 5) is 18.4. The Hall–Kier alpha value is -2.12. The number of carbonyl (C=O) groups is 1. The number of halogens is 2. The first-order valence-electron chi connectivity index (χ1n) is 7.25. The zero-order valence-corrected chi connectivity index (χ0v) is 14.6. The summed E-state index contributed by atoms with van der Waals surface area (Å²) in [6.45, 7) is 0.501. The fourth-order valence-electron chi connectivity index (χ4n) is 2.68. The second-order valence-electron chi connectivity index (χ2n) is 5.44. The third-order valence-corrected chi connectivity index (χ3v) is 4.53. The van der Waals surface area contributed by atoms with Crippen molar-refractivity contribution >= 4 is 39.1 Å². The summed E-state index contributed by atoms with van der Waals surface area (Å²) >= 11 is 9.13. The average Bonchev–Trinajstić information content (AvgIpc) is 3.27. The Morgan fingerprint density at radius 3 is 2.71 bits per heavy atom. The van der Waals surface area contributed by atoms with Crippen LogP contribution in [0.25, 0.3) is 11.7 Å². The van der Waals surface area contributed by atoms with Gasteiger partial charge in [0.1, 0.15) is 0 Å². The topological polar surface area (TPSA) is 72.4 Å². The second-order valence-corrected chi connectivity index (χ2v) is 6.66. The number of rotatable bonds is 3. The monoisotopic (exact) mass is 407 g/mol. The highest BCUT2D eigenvalue weighted by atomic mass is 79.9. The van der Waals surface area contributed by atoms with Gasteiger partial charge in [0.15, 0.2) is 16.3 Å². The first kappa shape index (κ1) is 15.4. The lowest BCUT2D eigenvalue weighted by Crippen LogP contribution is -2.24. The third kappa shape index (κ3) is 2.85. The van der Waals surface area contributed by atoms with Gasteiger partial charge in [-0.2, -0.15) is 4.98 Å². The minimum absolute atomic E-state index is 0.0226. The Morgan fingerprint density at radius 2 is 2.00 bits per heavy atom. The van der Waals surface area contributed by atoms with Gasteiger partial charge in [-0.1, -0.05) is 16.8 Å². The standard InChI is InChI=1S/C16H11BrClN3O3/c17-13-6-5-12(23-13)16-19-15(20-24-16)9-7-14(22)21(8-9)11-3-1-10(18)2-4-11/h1-6,9H,7-8H2. The molecule has 24 heavy (non-hydrogen) atoms. The number of hydrogen-bond acceptors (Lipinski definition) is 5. The lowest BCUT2D eigenvalue weighted by molar-refractivity contribution is -0.117. The highest BCUT2D eigenvalue weighted by Crippen LogP contribution is 2.32. The third-order valence-electron chi connectivity index (χ3n) is 3.85. The zero-order valence-electron chi connectivity index (χ0n) is 12.3. The molecule has 0 N–H and O–H groups in total. The number of furan rings is 1. The summed E-state index contributed by atoms with van der Waals surface area (Å²) in [5.74, 6) is 1.19. The quantitative estimate of drug-likeness (QED) is 0.647. The molecule has 2 aromatic heterocycles. The molecule has 0 saturated carbocycles. The maximum Gasteiger partial charge on any atom is 0.293 e. The smallest absolute Gasteiger partial charge is 0.293 e. The van der Waals surface area contributed by atoms with Crippen molar-refractivity contribution < 1.29 is 13.7 Å². The molecule has 3 aromatic rings. The van der Waals surface area contributed by atoms with Crippen LogP contribution in [-0.4, -0.2) is 22.6 Å². The Labute approximate surface area is 150 Å². The lowest BCUT2D eigenvalue weighted by Gasteiger charge is -2.16. The molecule has 1 saturated heterocycles. The number of carbonyl (C=O) groups excluding carboxylic acids is 1. The largest absolute Gasteiger partial charge is 0.444 e. The van der Waals surface area contributed by atoms with E-state index < -0.39 is 0 Å². The van der Waals surface area contributed by atoms with Gasteiger partial charge in [-0.15, -0.1) is 0 Å². The van der Waals surface area contributed by atoms with E-state index in [1.165, 1.54) is 0 Å². The molecule has 0 bridgehead atoms. The molecule has 1 aliphatic heterocycles. The normalized spacial score (nSPS) is 17.7.